The number of likely N-dealkylation sites (tertiary alicyclic amines) is 1. The Kier molecular flexibility index (Phi) is 6.42. The van der Waals surface area contributed by atoms with Crippen LogP contribution >= 0.6 is 12.6 Å². The molecule has 0 saturated carbocycles. The van der Waals surface area contributed by atoms with Gasteiger partial charge in [-0.25, -0.2) is 0 Å². The molecule has 0 radical (unpaired) electrons. The maximum atomic E-state index is 12.8. The van der Waals surface area contributed by atoms with Crippen molar-refractivity contribution >= 4 is 38.0 Å². The molecule has 0 aliphatic carbocycles. The van der Waals surface area contributed by atoms with Crippen LogP contribution in [0.25, 0.3) is 0 Å². The van der Waals surface area contributed by atoms with Gasteiger partial charge in [-0.15, -0.1) is 0 Å². The van der Waals surface area contributed by atoms with Crippen molar-refractivity contribution in [3.05, 3.63) is 66.2 Å². The summed E-state index contributed by atoms with van der Waals surface area (Å²) in [4.78, 5) is 14.9. The summed E-state index contributed by atoms with van der Waals surface area (Å²) >= 11 is 4.77. The maximum absolute atomic E-state index is 12.8. The van der Waals surface area contributed by atoms with Crippen molar-refractivity contribution in [3.63, 3.8) is 0 Å². The van der Waals surface area contributed by atoms with Crippen molar-refractivity contribution in [2.24, 2.45) is 5.92 Å². The number of thiol groups is 1. The van der Waals surface area contributed by atoms with E-state index in [0.29, 0.717) is 26.9 Å². The zero-order chi connectivity index (χ0) is 16.8. The first kappa shape index (κ1) is 17.6. The number of nitrogens with zero attached hydrogens (tertiary/aromatic N) is 1. The van der Waals surface area contributed by atoms with Crippen LogP contribution in [0, 0.1) is 5.92 Å². The van der Waals surface area contributed by atoms with E-state index in [1.807, 2.05) is 6.07 Å². The Hall–Kier alpha value is -1.22. The third-order valence-corrected chi connectivity index (χ3v) is 7.11. The number of carbonyl (C=O) groups is 1. The molecule has 1 amide bonds. The summed E-state index contributed by atoms with van der Waals surface area (Å²) < 4.78 is 1.41. The summed E-state index contributed by atoms with van der Waals surface area (Å²) in [5, 5.41) is 1.10. The first-order chi connectivity index (χ1) is 11.8. The van der Waals surface area contributed by atoms with Crippen LogP contribution in [-0.4, -0.2) is 44.1 Å². The van der Waals surface area contributed by atoms with Crippen molar-refractivity contribution in [1.82, 2.24) is 4.90 Å². The summed E-state index contributed by atoms with van der Waals surface area (Å²) in [6.45, 7) is 0.767. The van der Waals surface area contributed by atoms with E-state index < -0.39 is 0 Å². The number of carbonyl (C=O) groups excluding carboxylic acids is 1. The van der Waals surface area contributed by atoms with Gasteiger partial charge in [0.2, 0.25) is 0 Å². The van der Waals surface area contributed by atoms with E-state index in [1.54, 1.807) is 0 Å². The van der Waals surface area contributed by atoms with Crippen molar-refractivity contribution in [3.8, 4) is 0 Å². The molecule has 1 aliphatic rings. The number of hydrogen-bond acceptors (Lipinski definition) is 2. The Bertz CT molecular complexity index is 649. The zero-order valence-corrected chi connectivity index (χ0v) is 16.3. The van der Waals surface area contributed by atoms with Crippen LogP contribution in [-0.2, 0) is 11.2 Å². The quantitative estimate of drug-likeness (QED) is 0.556. The summed E-state index contributed by atoms with van der Waals surface area (Å²) in [5.41, 5.74) is 1.26. The summed E-state index contributed by atoms with van der Waals surface area (Å²) in [7, 11) is 0. The van der Waals surface area contributed by atoms with Gasteiger partial charge in [-0.05, 0) is 0 Å². The second-order valence-electron chi connectivity index (χ2n) is 6.16. The first-order valence-electron chi connectivity index (χ1n) is 8.41. The Morgan fingerprint density at radius 2 is 1.71 bits per heavy atom. The number of benzene rings is 2. The Morgan fingerprint density at radius 3 is 2.38 bits per heavy atom. The van der Waals surface area contributed by atoms with Crippen molar-refractivity contribution in [2.75, 3.05) is 12.3 Å². The van der Waals surface area contributed by atoms with E-state index in [9.17, 15) is 4.79 Å². The molecule has 2 aromatic rings. The topological polar surface area (TPSA) is 20.3 Å². The van der Waals surface area contributed by atoms with Crippen LogP contribution in [0.4, 0.5) is 0 Å². The van der Waals surface area contributed by atoms with Crippen LogP contribution in [0.2, 0.25) is 5.32 Å². The molecule has 3 rings (SSSR count). The molecule has 0 aromatic heterocycles. The molecule has 2 unspecified atom stereocenters. The predicted octanol–water partition coefficient (Wildman–Crippen LogP) is 2.82. The molecule has 126 valence electrons. The molecule has 2 atom stereocenters. The molecule has 1 saturated heterocycles. The second kappa shape index (κ2) is 8.75. The molecule has 2 nitrogen and oxygen atoms in total. The third kappa shape index (κ3) is 4.44. The molecule has 1 fully saturated rings. The van der Waals surface area contributed by atoms with E-state index in [4.69, 9.17) is 0 Å². The molecule has 1 aliphatic heterocycles. The monoisotopic (exact) mass is 405 g/mol. The second-order valence-corrected chi connectivity index (χ2v) is 8.90. The molecule has 1 heterocycles. The normalized spacial score (nSPS) is 20.5. The third-order valence-electron chi connectivity index (χ3n) is 4.48. The SMILES string of the molecule is O=C1C(Cc2ccccc2)CC(C[Se]c2ccccc2)N1CCS. The van der Waals surface area contributed by atoms with Gasteiger partial charge in [-0.2, -0.15) is 0 Å². The Labute approximate surface area is 156 Å². The van der Waals surface area contributed by atoms with Gasteiger partial charge in [0.25, 0.3) is 0 Å². The van der Waals surface area contributed by atoms with Crippen LogP contribution < -0.4 is 4.46 Å². The minimum atomic E-state index is 0.129. The average Bonchev–Trinajstić information content (AvgIpc) is 2.91. The molecule has 24 heavy (non-hydrogen) atoms. The van der Waals surface area contributed by atoms with E-state index in [-0.39, 0.29) is 5.92 Å². The fraction of sp³-hybridized carbons (Fsp3) is 0.350. The predicted molar refractivity (Wildman–Crippen MR) is 104 cm³/mol. The summed E-state index contributed by atoms with van der Waals surface area (Å²) in [6, 6.07) is 21.4. The van der Waals surface area contributed by atoms with Crippen LogP contribution in [0.1, 0.15) is 12.0 Å². The van der Waals surface area contributed by atoms with Gasteiger partial charge in [0, 0.05) is 0 Å². The molecule has 0 spiro atoms. The van der Waals surface area contributed by atoms with Gasteiger partial charge in [-0.1, -0.05) is 0 Å². The van der Waals surface area contributed by atoms with Crippen molar-refractivity contribution in [2.45, 2.75) is 24.2 Å². The molecule has 0 N–H and O–H groups in total. The standard InChI is InChI=1S/C20H23NOSSe/c22-20-17(13-16-7-3-1-4-8-16)14-18(21(20)11-12-23)15-24-19-9-5-2-6-10-19/h1-10,17-18,23H,11-15H2. The molecular formula is C20H23NOSSe. The van der Waals surface area contributed by atoms with Gasteiger partial charge in [0.1, 0.15) is 0 Å². The number of amides is 1. The molecule has 4 heteroatoms. The van der Waals surface area contributed by atoms with Crippen LogP contribution in [0.5, 0.6) is 0 Å². The van der Waals surface area contributed by atoms with Gasteiger partial charge >= 0.3 is 156 Å². The Morgan fingerprint density at radius 1 is 1.04 bits per heavy atom. The van der Waals surface area contributed by atoms with Gasteiger partial charge in [-0.3, -0.25) is 0 Å². The van der Waals surface area contributed by atoms with Crippen LogP contribution in [0.15, 0.2) is 60.7 Å². The Balaban J connectivity index is 1.65. The number of hydrogen-bond donors (Lipinski definition) is 1. The summed E-state index contributed by atoms with van der Waals surface area (Å²) in [6.07, 6.45) is 1.84. The molecule has 2 aromatic carbocycles. The van der Waals surface area contributed by atoms with E-state index in [0.717, 1.165) is 30.5 Å². The van der Waals surface area contributed by atoms with E-state index in [1.165, 1.54) is 10.0 Å². The fourth-order valence-electron chi connectivity index (χ4n) is 3.31. The van der Waals surface area contributed by atoms with Crippen molar-refractivity contribution in [1.29, 1.82) is 0 Å². The summed E-state index contributed by atoms with van der Waals surface area (Å²) in [5.74, 6) is 1.18. The molecular weight excluding hydrogens is 381 g/mol. The zero-order valence-electron chi connectivity index (χ0n) is 13.7. The number of rotatable bonds is 7. The van der Waals surface area contributed by atoms with Crippen molar-refractivity contribution < 1.29 is 4.79 Å². The van der Waals surface area contributed by atoms with E-state index in [2.05, 4.69) is 72.1 Å². The first-order valence-corrected chi connectivity index (χ1v) is 11.1. The fourth-order valence-corrected chi connectivity index (χ4v) is 5.73. The average molecular weight is 404 g/mol. The van der Waals surface area contributed by atoms with Gasteiger partial charge in [0.15, 0.2) is 0 Å². The van der Waals surface area contributed by atoms with Gasteiger partial charge < -0.3 is 0 Å². The van der Waals surface area contributed by atoms with Crippen LogP contribution in [0.3, 0.4) is 0 Å². The molecule has 0 bridgehead atoms. The minimum absolute atomic E-state index is 0.129. The van der Waals surface area contributed by atoms with Gasteiger partial charge in [0.05, 0.1) is 0 Å². The van der Waals surface area contributed by atoms with E-state index >= 15 is 0 Å².